The fourth-order valence-corrected chi connectivity index (χ4v) is 2.02. The Kier molecular flexibility index (Phi) is 8.78. The van der Waals surface area contributed by atoms with Gasteiger partial charge in [0.15, 0.2) is 0 Å². The van der Waals surface area contributed by atoms with Gasteiger partial charge in [-0.25, -0.2) is 0 Å². The smallest absolute Gasteiger partial charge is 0.119 e. The van der Waals surface area contributed by atoms with Gasteiger partial charge in [-0.05, 0) is 25.0 Å². The SMILES string of the molecule is N[C@@H](CS)CCCCCCCOc1ccccc1. The number of benzene rings is 1. The number of thiol groups is 1. The Labute approximate surface area is 116 Å². The molecule has 2 nitrogen and oxygen atoms in total. The zero-order chi connectivity index (χ0) is 13.1. The molecule has 0 bridgehead atoms. The molecular weight excluding hydrogens is 242 g/mol. The maximum absolute atomic E-state index is 5.80. The molecule has 2 N–H and O–H groups in total. The standard InChI is InChI=1S/C15H25NOS/c16-14(13-18)9-5-2-1-3-8-12-17-15-10-6-4-7-11-15/h4,6-7,10-11,14,18H,1-3,5,8-9,12-13,16H2/t14-/m1/s1. The minimum absolute atomic E-state index is 0.273. The van der Waals surface area contributed by atoms with Crippen molar-refractivity contribution >= 4 is 12.6 Å². The highest BCUT2D eigenvalue weighted by atomic mass is 32.1. The molecule has 1 aromatic carbocycles. The van der Waals surface area contributed by atoms with Gasteiger partial charge in [0, 0.05) is 11.8 Å². The van der Waals surface area contributed by atoms with E-state index in [0.717, 1.165) is 31.0 Å². The van der Waals surface area contributed by atoms with E-state index in [0.29, 0.717) is 0 Å². The molecule has 0 saturated carbocycles. The lowest BCUT2D eigenvalue weighted by atomic mass is 10.1. The van der Waals surface area contributed by atoms with Gasteiger partial charge in [-0.15, -0.1) is 0 Å². The number of para-hydroxylation sites is 1. The van der Waals surface area contributed by atoms with Crippen molar-refractivity contribution in [2.24, 2.45) is 5.73 Å². The van der Waals surface area contributed by atoms with Crippen LogP contribution >= 0.6 is 12.6 Å². The maximum atomic E-state index is 5.80. The van der Waals surface area contributed by atoms with Crippen molar-refractivity contribution in [3.63, 3.8) is 0 Å². The first-order valence-corrected chi connectivity index (χ1v) is 7.50. The number of hydrogen-bond donors (Lipinski definition) is 2. The molecule has 0 amide bonds. The fourth-order valence-electron chi connectivity index (χ4n) is 1.84. The van der Waals surface area contributed by atoms with Crippen molar-refractivity contribution in [2.45, 2.75) is 44.6 Å². The second kappa shape index (κ2) is 10.3. The third-order valence-corrected chi connectivity index (χ3v) is 3.43. The van der Waals surface area contributed by atoms with Gasteiger partial charge in [-0.1, -0.05) is 43.9 Å². The average Bonchev–Trinajstić information content (AvgIpc) is 2.42. The summed E-state index contributed by atoms with van der Waals surface area (Å²) in [7, 11) is 0. The Hall–Kier alpha value is -0.670. The molecule has 0 aliphatic carbocycles. The molecule has 1 rings (SSSR count). The van der Waals surface area contributed by atoms with Crippen molar-refractivity contribution in [1.29, 1.82) is 0 Å². The topological polar surface area (TPSA) is 35.2 Å². The van der Waals surface area contributed by atoms with Gasteiger partial charge in [0.2, 0.25) is 0 Å². The van der Waals surface area contributed by atoms with Crippen molar-refractivity contribution in [1.82, 2.24) is 0 Å². The third-order valence-electron chi connectivity index (χ3n) is 2.97. The molecule has 102 valence electrons. The van der Waals surface area contributed by atoms with Crippen LogP contribution in [0.15, 0.2) is 30.3 Å². The van der Waals surface area contributed by atoms with Gasteiger partial charge in [0.05, 0.1) is 6.61 Å². The van der Waals surface area contributed by atoms with E-state index in [1.165, 1.54) is 25.7 Å². The highest BCUT2D eigenvalue weighted by molar-refractivity contribution is 7.80. The number of hydrogen-bond acceptors (Lipinski definition) is 3. The summed E-state index contributed by atoms with van der Waals surface area (Å²) >= 11 is 4.18. The van der Waals surface area contributed by atoms with Gasteiger partial charge in [-0.3, -0.25) is 0 Å². The minimum atomic E-state index is 0.273. The van der Waals surface area contributed by atoms with Crippen LogP contribution in [0.25, 0.3) is 0 Å². The van der Waals surface area contributed by atoms with Crippen LogP contribution in [0.4, 0.5) is 0 Å². The van der Waals surface area contributed by atoms with E-state index in [2.05, 4.69) is 12.6 Å². The van der Waals surface area contributed by atoms with E-state index >= 15 is 0 Å². The molecule has 0 saturated heterocycles. The molecule has 0 fully saturated rings. The molecule has 18 heavy (non-hydrogen) atoms. The summed E-state index contributed by atoms with van der Waals surface area (Å²) in [4.78, 5) is 0. The molecule has 0 heterocycles. The monoisotopic (exact) mass is 267 g/mol. The first-order chi connectivity index (χ1) is 8.83. The highest BCUT2D eigenvalue weighted by Gasteiger charge is 1.98. The van der Waals surface area contributed by atoms with Gasteiger partial charge in [0.25, 0.3) is 0 Å². The van der Waals surface area contributed by atoms with E-state index in [9.17, 15) is 0 Å². The van der Waals surface area contributed by atoms with Crippen LogP contribution in [0.2, 0.25) is 0 Å². The van der Waals surface area contributed by atoms with Crippen molar-refractivity contribution in [3.05, 3.63) is 30.3 Å². The first kappa shape index (κ1) is 15.4. The van der Waals surface area contributed by atoms with Crippen LogP contribution < -0.4 is 10.5 Å². The van der Waals surface area contributed by atoms with E-state index in [1.54, 1.807) is 0 Å². The number of ether oxygens (including phenoxy) is 1. The summed E-state index contributed by atoms with van der Waals surface area (Å²) in [6, 6.07) is 10.3. The van der Waals surface area contributed by atoms with E-state index in [-0.39, 0.29) is 6.04 Å². The van der Waals surface area contributed by atoms with Crippen LogP contribution in [-0.2, 0) is 0 Å². The molecule has 0 aromatic heterocycles. The molecule has 1 aromatic rings. The Balaban J connectivity index is 1.87. The fraction of sp³-hybridized carbons (Fsp3) is 0.600. The average molecular weight is 267 g/mol. The summed E-state index contributed by atoms with van der Waals surface area (Å²) in [5.41, 5.74) is 5.80. The lowest BCUT2D eigenvalue weighted by Crippen LogP contribution is -2.21. The van der Waals surface area contributed by atoms with Crippen molar-refractivity contribution < 1.29 is 4.74 Å². The second-order valence-electron chi connectivity index (χ2n) is 4.66. The Morgan fingerprint density at radius 1 is 1.00 bits per heavy atom. The molecule has 0 aliphatic heterocycles. The van der Waals surface area contributed by atoms with Gasteiger partial charge in [0.1, 0.15) is 5.75 Å². The third kappa shape index (κ3) is 7.62. The molecule has 0 radical (unpaired) electrons. The van der Waals surface area contributed by atoms with Gasteiger partial charge < -0.3 is 10.5 Å². The van der Waals surface area contributed by atoms with Crippen LogP contribution in [0.1, 0.15) is 38.5 Å². The Bertz CT molecular complexity index is 292. The molecule has 0 unspecified atom stereocenters. The Morgan fingerprint density at radius 2 is 1.67 bits per heavy atom. The van der Waals surface area contributed by atoms with Crippen LogP contribution in [0.5, 0.6) is 5.75 Å². The lowest BCUT2D eigenvalue weighted by molar-refractivity contribution is 0.304. The summed E-state index contributed by atoms with van der Waals surface area (Å²) in [6.45, 7) is 0.820. The maximum Gasteiger partial charge on any atom is 0.119 e. The quantitative estimate of drug-likeness (QED) is 0.501. The highest BCUT2D eigenvalue weighted by Crippen LogP contribution is 2.11. The largest absolute Gasteiger partial charge is 0.494 e. The van der Waals surface area contributed by atoms with E-state index in [1.807, 2.05) is 30.3 Å². The molecule has 0 spiro atoms. The van der Waals surface area contributed by atoms with Crippen LogP contribution in [0.3, 0.4) is 0 Å². The summed E-state index contributed by atoms with van der Waals surface area (Å²) in [5.74, 6) is 1.77. The predicted molar refractivity (Wildman–Crippen MR) is 81.5 cm³/mol. The van der Waals surface area contributed by atoms with E-state index in [4.69, 9.17) is 10.5 Å². The molecule has 1 atom stereocenters. The molecular formula is C15H25NOS. The summed E-state index contributed by atoms with van der Waals surface area (Å²) in [6.07, 6.45) is 7.24. The predicted octanol–water partition coefficient (Wildman–Crippen LogP) is 3.66. The summed E-state index contributed by atoms with van der Waals surface area (Å²) < 4.78 is 5.64. The van der Waals surface area contributed by atoms with Gasteiger partial charge in [-0.2, -0.15) is 12.6 Å². The number of nitrogens with two attached hydrogens (primary N) is 1. The lowest BCUT2D eigenvalue weighted by Gasteiger charge is -2.08. The van der Waals surface area contributed by atoms with E-state index < -0.39 is 0 Å². The normalized spacial score (nSPS) is 12.3. The first-order valence-electron chi connectivity index (χ1n) is 6.87. The Morgan fingerprint density at radius 3 is 2.39 bits per heavy atom. The second-order valence-corrected chi connectivity index (χ2v) is 5.03. The molecule has 3 heteroatoms. The van der Waals surface area contributed by atoms with Crippen molar-refractivity contribution in [2.75, 3.05) is 12.4 Å². The molecule has 0 aliphatic rings. The number of rotatable bonds is 10. The summed E-state index contributed by atoms with van der Waals surface area (Å²) in [5, 5.41) is 0. The van der Waals surface area contributed by atoms with Crippen molar-refractivity contribution in [3.8, 4) is 5.75 Å². The van der Waals surface area contributed by atoms with Crippen LogP contribution in [-0.4, -0.2) is 18.4 Å². The zero-order valence-electron chi connectivity index (χ0n) is 11.1. The van der Waals surface area contributed by atoms with Crippen LogP contribution in [0, 0.1) is 0 Å². The van der Waals surface area contributed by atoms with Gasteiger partial charge >= 0.3 is 0 Å². The zero-order valence-corrected chi connectivity index (χ0v) is 11.9. The minimum Gasteiger partial charge on any atom is -0.494 e. The number of unbranched alkanes of at least 4 members (excludes halogenated alkanes) is 4.